The molecule has 0 N–H and O–H groups in total. The minimum Gasteiger partial charge on any atom is -0.340 e. The van der Waals surface area contributed by atoms with Gasteiger partial charge >= 0.3 is 0 Å². The van der Waals surface area contributed by atoms with Crippen LogP contribution in [0, 0.1) is 13.8 Å². The van der Waals surface area contributed by atoms with E-state index in [1.807, 2.05) is 38.1 Å². The molecule has 0 saturated heterocycles. The molecule has 1 amide bonds. The lowest BCUT2D eigenvalue weighted by Crippen LogP contribution is -2.41. The van der Waals surface area contributed by atoms with Crippen molar-refractivity contribution in [2.24, 2.45) is 0 Å². The molecule has 0 unspecified atom stereocenters. The number of nitrogens with zero attached hydrogens (tertiary/aromatic N) is 2. The molecule has 0 spiro atoms. The summed E-state index contributed by atoms with van der Waals surface area (Å²) in [5, 5.41) is 0.391. The number of likely N-dealkylation sites (N-methyl/N-ethyl adjacent to an activating group) is 1. The maximum Gasteiger partial charge on any atom is 0.264 e. The molecule has 0 aliphatic heterocycles. The Kier molecular flexibility index (Phi) is 7.03. The van der Waals surface area contributed by atoms with Gasteiger partial charge in [0.25, 0.3) is 10.0 Å². The Morgan fingerprint density at radius 3 is 2.06 bits per heavy atom. The smallest absolute Gasteiger partial charge is 0.264 e. The Morgan fingerprint density at radius 1 is 0.903 bits per heavy atom. The number of sulfonamides is 1. The van der Waals surface area contributed by atoms with Crippen molar-refractivity contribution in [3.05, 3.63) is 94.5 Å². The van der Waals surface area contributed by atoms with E-state index in [-0.39, 0.29) is 17.3 Å². The van der Waals surface area contributed by atoms with Gasteiger partial charge in [0, 0.05) is 18.6 Å². The van der Waals surface area contributed by atoms with E-state index in [2.05, 4.69) is 0 Å². The van der Waals surface area contributed by atoms with Crippen LogP contribution in [0.25, 0.3) is 0 Å². The molecule has 3 aromatic carbocycles. The minimum atomic E-state index is -3.97. The minimum absolute atomic E-state index is 0.118. The fourth-order valence-electron chi connectivity index (χ4n) is 3.08. The molecule has 0 radical (unpaired) electrons. The van der Waals surface area contributed by atoms with E-state index in [1.165, 1.54) is 4.90 Å². The summed E-state index contributed by atoms with van der Waals surface area (Å²) in [5.41, 5.74) is 3.39. The van der Waals surface area contributed by atoms with Crippen molar-refractivity contribution in [3.63, 3.8) is 0 Å². The molecule has 5 nitrogen and oxygen atoms in total. The molecular formula is C24H25ClN2O3S. The van der Waals surface area contributed by atoms with E-state index in [4.69, 9.17) is 11.6 Å². The molecule has 0 atom stereocenters. The molecule has 0 aromatic heterocycles. The lowest BCUT2D eigenvalue weighted by atomic mass is 10.1. The molecule has 162 valence electrons. The quantitative estimate of drug-likeness (QED) is 0.512. The number of carbonyl (C=O) groups excluding carboxylic acids is 1. The van der Waals surface area contributed by atoms with Crippen LogP contribution in [-0.4, -0.2) is 32.8 Å². The molecule has 0 heterocycles. The zero-order chi connectivity index (χ0) is 22.6. The van der Waals surface area contributed by atoms with Crippen LogP contribution in [0.15, 0.2) is 77.7 Å². The second-order valence-corrected chi connectivity index (χ2v) is 9.84. The summed E-state index contributed by atoms with van der Waals surface area (Å²) in [7, 11) is -2.30. The van der Waals surface area contributed by atoms with E-state index < -0.39 is 10.0 Å². The topological polar surface area (TPSA) is 57.7 Å². The predicted molar refractivity (Wildman–Crippen MR) is 125 cm³/mol. The first-order valence-corrected chi connectivity index (χ1v) is 11.6. The summed E-state index contributed by atoms with van der Waals surface area (Å²) < 4.78 is 28.0. The highest BCUT2D eigenvalue weighted by Gasteiger charge is 2.28. The number of anilines is 1. The highest BCUT2D eigenvalue weighted by atomic mass is 35.5. The Morgan fingerprint density at radius 2 is 1.48 bits per heavy atom. The van der Waals surface area contributed by atoms with Crippen LogP contribution in [0.5, 0.6) is 0 Å². The van der Waals surface area contributed by atoms with E-state index in [0.717, 1.165) is 21.0 Å². The van der Waals surface area contributed by atoms with Gasteiger partial charge in [-0.1, -0.05) is 65.2 Å². The fourth-order valence-corrected chi connectivity index (χ4v) is 4.67. The fraction of sp³-hybridized carbons (Fsp3) is 0.208. The average molecular weight is 457 g/mol. The zero-order valence-corrected chi connectivity index (χ0v) is 19.3. The molecular weight excluding hydrogens is 432 g/mol. The van der Waals surface area contributed by atoms with Gasteiger partial charge in [-0.2, -0.15) is 0 Å². The van der Waals surface area contributed by atoms with Gasteiger partial charge < -0.3 is 4.90 Å². The van der Waals surface area contributed by atoms with Crippen molar-refractivity contribution in [1.29, 1.82) is 0 Å². The number of hydrogen-bond acceptors (Lipinski definition) is 3. The highest BCUT2D eigenvalue weighted by molar-refractivity contribution is 7.92. The van der Waals surface area contributed by atoms with Crippen LogP contribution < -0.4 is 4.31 Å². The maximum absolute atomic E-state index is 13.4. The summed E-state index contributed by atoms with van der Waals surface area (Å²) in [6.07, 6.45) is 0. The number of amides is 1. The summed E-state index contributed by atoms with van der Waals surface area (Å²) in [5.74, 6) is -0.323. The lowest BCUT2D eigenvalue weighted by Gasteiger charge is -2.27. The van der Waals surface area contributed by atoms with E-state index in [0.29, 0.717) is 17.3 Å². The van der Waals surface area contributed by atoms with Crippen LogP contribution in [0.2, 0.25) is 5.02 Å². The standard InChI is InChI=1S/C24H25ClN2O3S/c1-18-7-11-20(12-8-18)16-26(3)24(28)17-27(22-6-4-5-21(25)15-22)31(29,30)23-13-9-19(2)10-14-23/h4-15H,16-17H2,1-3H3. The predicted octanol–water partition coefficient (Wildman–Crippen LogP) is 4.81. The SMILES string of the molecule is Cc1ccc(CN(C)C(=O)CN(c2cccc(Cl)c2)S(=O)(=O)c2ccc(C)cc2)cc1. The molecule has 31 heavy (non-hydrogen) atoms. The van der Waals surface area contributed by atoms with E-state index >= 15 is 0 Å². The molecule has 0 fully saturated rings. The van der Waals surface area contributed by atoms with Crippen LogP contribution in [-0.2, 0) is 21.4 Å². The molecule has 3 aromatic rings. The number of hydrogen-bond donors (Lipinski definition) is 0. The van der Waals surface area contributed by atoms with Crippen LogP contribution in [0.1, 0.15) is 16.7 Å². The third kappa shape index (κ3) is 5.66. The highest BCUT2D eigenvalue weighted by Crippen LogP contribution is 2.26. The van der Waals surface area contributed by atoms with Gasteiger partial charge in [-0.3, -0.25) is 9.10 Å². The van der Waals surface area contributed by atoms with Crippen molar-refractivity contribution >= 4 is 33.2 Å². The van der Waals surface area contributed by atoms with Gasteiger partial charge in [0.1, 0.15) is 6.54 Å². The maximum atomic E-state index is 13.4. The first kappa shape index (κ1) is 22.8. The number of aryl methyl sites for hydroxylation is 2. The summed E-state index contributed by atoms with van der Waals surface area (Å²) >= 11 is 6.11. The third-order valence-electron chi connectivity index (χ3n) is 4.95. The van der Waals surface area contributed by atoms with Gasteiger partial charge in [0.15, 0.2) is 0 Å². The van der Waals surface area contributed by atoms with Crippen molar-refractivity contribution in [2.75, 3.05) is 17.9 Å². The molecule has 7 heteroatoms. The van der Waals surface area contributed by atoms with Crippen molar-refractivity contribution in [2.45, 2.75) is 25.3 Å². The molecule has 0 bridgehead atoms. The largest absolute Gasteiger partial charge is 0.340 e. The Balaban J connectivity index is 1.90. The van der Waals surface area contributed by atoms with Crippen molar-refractivity contribution in [3.8, 4) is 0 Å². The molecule has 0 aliphatic carbocycles. The number of rotatable bonds is 7. The monoisotopic (exact) mass is 456 g/mol. The number of halogens is 1. The van der Waals surface area contributed by atoms with E-state index in [9.17, 15) is 13.2 Å². The normalized spacial score (nSPS) is 11.2. The van der Waals surface area contributed by atoms with Gasteiger partial charge in [-0.05, 0) is 49.7 Å². The average Bonchev–Trinajstić information content (AvgIpc) is 2.73. The zero-order valence-electron chi connectivity index (χ0n) is 17.7. The summed E-state index contributed by atoms with van der Waals surface area (Å²) in [4.78, 5) is 14.6. The summed E-state index contributed by atoms with van der Waals surface area (Å²) in [6, 6.07) is 20.9. The van der Waals surface area contributed by atoms with Gasteiger partial charge in [0.05, 0.1) is 10.6 Å². The van der Waals surface area contributed by atoms with Crippen molar-refractivity contribution < 1.29 is 13.2 Å². The Hall–Kier alpha value is -2.83. The molecule has 0 aliphatic rings. The van der Waals surface area contributed by atoms with Gasteiger partial charge in [0.2, 0.25) is 5.91 Å². The van der Waals surface area contributed by atoms with Crippen LogP contribution in [0.4, 0.5) is 5.69 Å². The molecule has 3 rings (SSSR count). The second kappa shape index (κ2) is 9.54. The first-order chi connectivity index (χ1) is 14.7. The molecule has 0 saturated carbocycles. The number of carbonyl (C=O) groups is 1. The van der Waals surface area contributed by atoms with E-state index in [1.54, 1.807) is 55.6 Å². The first-order valence-electron chi connectivity index (χ1n) is 9.81. The van der Waals surface area contributed by atoms with Gasteiger partial charge in [-0.25, -0.2) is 8.42 Å². The third-order valence-corrected chi connectivity index (χ3v) is 6.97. The Labute approximate surface area is 188 Å². The lowest BCUT2D eigenvalue weighted by molar-refractivity contribution is -0.128. The van der Waals surface area contributed by atoms with Crippen LogP contribution >= 0.6 is 11.6 Å². The summed E-state index contributed by atoms with van der Waals surface area (Å²) in [6.45, 7) is 3.93. The number of benzene rings is 3. The van der Waals surface area contributed by atoms with Crippen molar-refractivity contribution in [1.82, 2.24) is 4.90 Å². The Bertz CT molecular complexity index is 1160. The van der Waals surface area contributed by atoms with Crippen LogP contribution in [0.3, 0.4) is 0 Å². The second-order valence-electron chi connectivity index (χ2n) is 7.54. The van der Waals surface area contributed by atoms with Gasteiger partial charge in [-0.15, -0.1) is 0 Å².